The molecule has 1 aliphatic rings. The molecule has 24 heavy (non-hydrogen) atoms. The molecule has 0 bridgehead atoms. The number of hydrogen-bond acceptors (Lipinski definition) is 15. The van der Waals surface area contributed by atoms with Gasteiger partial charge >= 0.3 is 0 Å². The van der Waals surface area contributed by atoms with Gasteiger partial charge in [-0.3, -0.25) is 0 Å². The maximum atomic E-state index is 11.0. The van der Waals surface area contributed by atoms with E-state index in [-0.39, 0.29) is 0 Å². The molecule has 1 rings (SSSR count). The molecule has 0 aromatic carbocycles. The van der Waals surface area contributed by atoms with Crippen molar-refractivity contribution >= 4 is 34.2 Å². The van der Waals surface area contributed by atoms with Gasteiger partial charge in [0.1, 0.15) is 36.6 Å². The molecule has 0 aromatic rings. The van der Waals surface area contributed by atoms with Gasteiger partial charge in [-0.05, 0) is 0 Å². The predicted octanol–water partition coefficient (Wildman–Crippen LogP) is -7.16. The van der Waals surface area contributed by atoms with E-state index in [2.05, 4.69) is 25.4 Å². The molecular formula is C6H9O14P3S-6. The summed E-state index contributed by atoms with van der Waals surface area (Å²) in [6.45, 7) is -5.17. The molecule has 144 valence electrons. The zero-order valence-corrected chi connectivity index (χ0v) is 14.5. The van der Waals surface area contributed by atoms with E-state index in [4.69, 9.17) is 0 Å². The molecule has 14 nitrogen and oxygen atoms in total. The van der Waals surface area contributed by atoms with Gasteiger partial charge in [0.25, 0.3) is 0 Å². The van der Waals surface area contributed by atoms with Gasteiger partial charge in [-0.15, -0.1) is 11.8 Å². The molecule has 0 heterocycles. The highest BCUT2D eigenvalue weighted by molar-refractivity contribution is 8.05. The molecule has 1 saturated carbocycles. The van der Waals surface area contributed by atoms with Gasteiger partial charge in [0.05, 0.1) is 15.6 Å². The van der Waals surface area contributed by atoms with E-state index in [1.807, 2.05) is 0 Å². The molecule has 0 amide bonds. The van der Waals surface area contributed by atoms with Crippen LogP contribution in [0.15, 0.2) is 0 Å². The fraction of sp³-hybridized carbons (Fsp3) is 1.00. The summed E-state index contributed by atoms with van der Waals surface area (Å²) in [7, 11) is -11.7. The predicted molar refractivity (Wildman–Crippen MR) is 62.1 cm³/mol. The highest BCUT2D eigenvalue weighted by atomic mass is 32.5. The Bertz CT molecular complexity index is 579. The fourth-order valence-corrected chi connectivity index (χ4v) is 3.91. The van der Waals surface area contributed by atoms with E-state index < -0.39 is 59.0 Å². The number of phosphoric ester groups is 2. The second-order valence-electron chi connectivity index (χ2n) is 4.52. The first kappa shape index (κ1) is 22.7. The van der Waals surface area contributed by atoms with E-state index in [0.717, 1.165) is 0 Å². The molecule has 0 radical (unpaired) electrons. The Morgan fingerprint density at radius 1 is 0.667 bits per heavy atom. The van der Waals surface area contributed by atoms with Crippen LogP contribution in [0.4, 0.5) is 0 Å². The lowest BCUT2D eigenvalue weighted by Gasteiger charge is -2.52. The average Bonchev–Trinajstić information content (AvgIpc) is 2.32. The summed E-state index contributed by atoms with van der Waals surface area (Å²) in [5.41, 5.74) is 0. The first-order chi connectivity index (χ1) is 10.5. The molecule has 1 aliphatic carbocycles. The highest BCUT2D eigenvalue weighted by Gasteiger charge is 2.52. The van der Waals surface area contributed by atoms with Crippen LogP contribution in [0.5, 0.6) is 0 Å². The van der Waals surface area contributed by atoms with Crippen molar-refractivity contribution in [2.45, 2.75) is 36.6 Å². The molecule has 0 aliphatic heterocycles. The van der Waals surface area contributed by atoms with Crippen molar-refractivity contribution in [3.63, 3.8) is 0 Å². The lowest BCUT2D eigenvalue weighted by atomic mass is 9.85. The largest absolute Gasteiger partial charge is 0.812 e. The SMILES string of the molecule is O=P([O-])([O-])OC1C(O)C(O)C(OP(=O)([O-])[O-])C(OP([O-])([O-])=S)C1O. The molecule has 6 atom stereocenters. The Kier molecular flexibility index (Phi) is 7.28. The van der Waals surface area contributed by atoms with Crippen LogP contribution < -0.4 is 29.4 Å². The number of aliphatic hydroxyl groups is 3. The summed E-state index contributed by atoms with van der Waals surface area (Å²) in [6, 6.07) is 0. The standard InChI is InChI=1S/C6H15O14P3S/c7-1-2(8)5(19-22(13,14)15)6(20-23(16,17)24)3(9)4(1)18-21(10,11)12/h1-9H,(H2,10,11,12)(H2,13,14,15)(H2,16,17,24)/p-6. The Labute approximate surface area is 139 Å². The molecule has 1 fully saturated rings. The maximum absolute atomic E-state index is 11.0. The lowest BCUT2D eigenvalue weighted by molar-refractivity contribution is -0.367. The van der Waals surface area contributed by atoms with Gasteiger partial charge in [-0.25, -0.2) is 0 Å². The van der Waals surface area contributed by atoms with Crippen molar-refractivity contribution in [3.8, 4) is 0 Å². The topological polar surface area (TPSA) is 261 Å². The van der Waals surface area contributed by atoms with Crippen LogP contribution in [0.2, 0.25) is 0 Å². The van der Waals surface area contributed by atoms with Crippen LogP contribution in [-0.2, 0) is 34.5 Å². The average molecular weight is 430 g/mol. The van der Waals surface area contributed by atoms with E-state index in [1.165, 1.54) is 0 Å². The maximum Gasteiger partial charge on any atom is 0.120 e. The fourth-order valence-electron chi connectivity index (χ4n) is 1.98. The number of aliphatic hydroxyl groups excluding tert-OH is 3. The van der Waals surface area contributed by atoms with Gasteiger partial charge in [0, 0.05) is 0 Å². The first-order valence-corrected chi connectivity index (χ1v) is 11.1. The van der Waals surface area contributed by atoms with Crippen LogP contribution in [-0.4, -0.2) is 51.9 Å². The second kappa shape index (κ2) is 7.71. The summed E-state index contributed by atoms with van der Waals surface area (Å²) < 4.78 is 33.0. The van der Waals surface area contributed by atoms with E-state index in [9.17, 15) is 53.8 Å². The Morgan fingerprint density at radius 2 is 1.00 bits per heavy atom. The summed E-state index contributed by atoms with van der Waals surface area (Å²) in [6.07, 6.45) is -14.9. The molecule has 0 spiro atoms. The molecular weight excluding hydrogens is 421 g/mol. The van der Waals surface area contributed by atoms with Crippen molar-refractivity contribution in [3.05, 3.63) is 0 Å². The second-order valence-corrected chi connectivity index (χ2v) is 9.18. The van der Waals surface area contributed by atoms with Crippen LogP contribution in [0.25, 0.3) is 0 Å². The quantitative estimate of drug-likeness (QED) is 0.330. The molecule has 3 N–H and O–H groups in total. The minimum atomic E-state index is -5.90. The van der Waals surface area contributed by atoms with Crippen molar-refractivity contribution in [2.75, 3.05) is 0 Å². The van der Waals surface area contributed by atoms with Crippen LogP contribution in [0, 0.1) is 0 Å². The Hall–Kier alpha value is 0.630. The summed E-state index contributed by atoms with van der Waals surface area (Å²) in [5, 5.41) is 29.1. The van der Waals surface area contributed by atoms with E-state index >= 15 is 0 Å². The zero-order valence-electron chi connectivity index (χ0n) is 11.0. The van der Waals surface area contributed by atoms with Crippen molar-refractivity contribution < 1.29 is 67.4 Å². The monoisotopic (exact) mass is 430 g/mol. The van der Waals surface area contributed by atoms with Crippen molar-refractivity contribution in [1.29, 1.82) is 0 Å². The van der Waals surface area contributed by atoms with Crippen LogP contribution in [0.1, 0.15) is 0 Å². The highest BCUT2D eigenvalue weighted by Crippen LogP contribution is 2.43. The number of phosphoric acid groups is 2. The number of hydrogen-bond donors (Lipinski definition) is 3. The lowest BCUT2D eigenvalue weighted by Crippen LogP contribution is -2.66. The Morgan fingerprint density at radius 3 is 1.38 bits per heavy atom. The minimum Gasteiger partial charge on any atom is -0.812 e. The van der Waals surface area contributed by atoms with Crippen molar-refractivity contribution in [2.24, 2.45) is 0 Å². The zero-order chi connectivity index (χ0) is 19.1. The van der Waals surface area contributed by atoms with Gasteiger partial charge in [-0.2, -0.15) is 0 Å². The van der Waals surface area contributed by atoms with Gasteiger partial charge < -0.3 is 67.4 Å². The van der Waals surface area contributed by atoms with Gasteiger partial charge in [0.15, 0.2) is 0 Å². The third kappa shape index (κ3) is 6.74. The third-order valence-electron chi connectivity index (χ3n) is 2.77. The molecule has 18 heteroatoms. The van der Waals surface area contributed by atoms with Crippen LogP contribution >= 0.6 is 22.4 Å². The van der Waals surface area contributed by atoms with E-state index in [1.54, 1.807) is 0 Å². The smallest absolute Gasteiger partial charge is 0.120 e. The summed E-state index contributed by atoms with van der Waals surface area (Å²) in [4.78, 5) is 64.5. The van der Waals surface area contributed by atoms with E-state index in [0.29, 0.717) is 0 Å². The molecule has 6 unspecified atom stereocenters. The minimum absolute atomic E-state index is 2.45. The number of rotatable bonds is 6. The first-order valence-electron chi connectivity index (χ1n) is 5.67. The van der Waals surface area contributed by atoms with Gasteiger partial charge in [-0.1, -0.05) is 6.72 Å². The van der Waals surface area contributed by atoms with Gasteiger partial charge in [0.2, 0.25) is 0 Å². The summed E-state index contributed by atoms with van der Waals surface area (Å²) >= 11 is 3.85. The summed E-state index contributed by atoms with van der Waals surface area (Å²) in [5.74, 6) is 0. The normalized spacial score (nSPS) is 35.9. The van der Waals surface area contributed by atoms with Crippen molar-refractivity contribution in [1.82, 2.24) is 0 Å². The Balaban J connectivity index is 3.23. The van der Waals surface area contributed by atoms with Crippen LogP contribution in [0.3, 0.4) is 0 Å². The third-order valence-corrected chi connectivity index (χ3v) is 4.54. The molecule has 0 aromatic heterocycles. The molecule has 0 saturated heterocycles.